The van der Waals surface area contributed by atoms with E-state index < -0.39 is 0 Å². The molecule has 1 rings (SSSR count). The zero-order valence-corrected chi connectivity index (χ0v) is 9.51. The number of nitrogens with zero attached hydrogens (tertiary/aromatic N) is 1. The molecule has 0 spiro atoms. The highest BCUT2D eigenvalue weighted by atomic mass is 35.5. The molecule has 0 saturated carbocycles. The standard InChI is InChI=1S/C10H14ClN3O/c1-7(14-6-10(15)12-2)8-3-4-13-9(11)5-8/h3-5,7,14H,6H2,1-2H3,(H,12,15). The Balaban J connectivity index is 2.53. The number of carbonyl (C=O) groups excluding carboxylic acids is 1. The van der Waals surface area contributed by atoms with Crippen molar-refractivity contribution < 1.29 is 4.79 Å². The summed E-state index contributed by atoms with van der Waals surface area (Å²) in [6, 6.07) is 3.72. The molecule has 15 heavy (non-hydrogen) atoms. The highest BCUT2D eigenvalue weighted by Crippen LogP contribution is 2.14. The fraction of sp³-hybridized carbons (Fsp3) is 0.400. The number of likely N-dealkylation sites (N-methyl/N-ethyl adjacent to an activating group) is 1. The second-order valence-electron chi connectivity index (χ2n) is 3.19. The van der Waals surface area contributed by atoms with Crippen LogP contribution >= 0.6 is 11.6 Å². The Morgan fingerprint density at radius 1 is 1.67 bits per heavy atom. The summed E-state index contributed by atoms with van der Waals surface area (Å²) >= 11 is 5.76. The van der Waals surface area contributed by atoms with Crippen LogP contribution in [0.25, 0.3) is 0 Å². The van der Waals surface area contributed by atoms with Crippen LogP contribution in [0, 0.1) is 0 Å². The van der Waals surface area contributed by atoms with Crippen LogP contribution in [0.5, 0.6) is 0 Å². The molecule has 1 aromatic heterocycles. The van der Waals surface area contributed by atoms with Gasteiger partial charge in [0, 0.05) is 19.3 Å². The van der Waals surface area contributed by atoms with Crippen LogP contribution < -0.4 is 10.6 Å². The number of aromatic nitrogens is 1. The van der Waals surface area contributed by atoms with Crippen LogP contribution in [0.4, 0.5) is 0 Å². The highest BCUT2D eigenvalue weighted by Gasteiger charge is 2.07. The Hall–Kier alpha value is -1.13. The molecule has 1 aromatic rings. The number of rotatable bonds is 4. The minimum atomic E-state index is -0.0398. The van der Waals surface area contributed by atoms with Crippen molar-refractivity contribution in [1.29, 1.82) is 0 Å². The first kappa shape index (κ1) is 11.9. The summed E-state index contributed by atoms with van der Waals surface area (Å²) in [6.07, 6.45) is 1.65. The van der Waals surface area contributed by atoms with Crippen molar-refractivity contribution in [2.75, 3.05) is 13.6 Å². The van der Waals surface area contributed by atoms with E-state index in [2.05, 4.69) is 15.6 Å². The molecule has 1 atom stereocenters. The maximum Gasteiger partial charge on any atom is 0.233 e. The van der Waals surface area contributed by atoms with Crippen LogP contribution in [0.2, 0.25) is 5.15 Å². The highest BCUT2D eigenvalue weighted by molar-refractivity contribution is 6.29. The molecule has 4 nitrogen and oxygen atoms in total. The van der Waals surface area contributed by atoms with E-state index in [1.54, 1.807) is 19.3 Å². The second-order valence-corrected chi connectivity index (χ2v) is 3.57. The summed E-state index contributed by atoms with van der Waals surface area (Å²) < 4.78 is 0. The summed E-state index contributed by atoms with van der Waals surface area (Å²) in [5.74, 6) is -0.0398. The normalized spacial score (nSPS) is 12.2. The average molecular weight is 228 g/mol. The summed E-state index contributed by atoms with van der Waals surface area (Å²) in [4.78, 5) is 14.9. The lowest BCUT2D eigenvalue weighted by Crippen LogP contribution is -2.32. The van der Waals surface area contributed by atoms with Crippen molar-refractivity contribution in [3.63, 3.8) is 0 Å². The molecular formula is C10H14ClN3O. The lowest BCUT2D eigenvalue weighted by atomic mass is 10.1. The largest absolute Gasteiger partial charge is 0.358 e. The predicted octanol–water partition coefficient (Wildman–Crippen LogP) is 1.13. The minimum absolute atomic E-state index is 0.0398. The molecular weight excluding hydrogens is 214 g/mol. The number of halogens is 1. The smallest absolute Gasteiger partial charge is 0.233 e. The lowest BCUT2D eigenvalue weighted by Gasteiger charge is -2.13. The van der Waals surface area contributed by atoms with Gasteiger partial charge >= 0.3 is 0 Å². The van der Waals surface area contributed by atoms with E-state index >= 15 is 0 Å². The molecule has 0 fully saturated rings. The third-order valence-corrected chi connectivity index (χ3v) is 2.30. The Morgan fingerprint density at radius 2 is 2.40 bits per heavy atom. The third-order valence-electron chi connectivity index (χ3n) is 2.10. The predicted molar refractivity (Wildman–Crippen MR) is 59.7 cm³/mol. The first-order valence-corrected chi connectivity index (χ1v) is 5.06. The van der Waals surface area contributed by atoms with Gasteiger partial charge in [0.05, 0.1) is 6.54 Å². The van der Waals surface area contributed by atoms with Gasteiger partial charge < -0.3 is 10.6 Å². The van der Waals surface area contributed by atoms with E-state index in [9.17, 15) is 4.79 Å². The van der Waals surface area contributed by atoms with Gasteiger partial charge in [0.1, 0.15) is 5.15 Å². The Bertz CT molecular complexity index is 343. The van der Waals surface area contributed by atoms with E-state index in [1.165, 1.54) is 0 Å². The topological polar surface area (TPSA) is 54.0 Å². The minimum Gasteiger partial charge on any atom is -0.358 e. The lowest BCUT2D eigenvalue weighted by molar-refractivity contribution is -0.119. The monoisotopic (exact) mass is 227 g/mol. The van der Waals surface area contributed by atoms with Crippen LogP contribution in [0.15, 0.2) is 18.3 Å². The molecule has 1 amide bonds. The van der Waals surface area contributed by atoms with Gasteiger partial charge in [-0.25, -0.2) is 4.98 Å². The average Bonchev–Trinajstić information content (AvgIpc) is 2.25. The van der Waals surface area contributed by atoms with Crippen molar-refractivity contribution in [2.24, 2.45) is 0 Å². The number of pyridine rings is 1. The SMILES string of the molecule is CNC(=O)CNC(C)c1ccnc(Cl)c1. The first-order chi connectivity index (χ1) is 7.13. The number of carbonyl (C=O) groups is 1. The number of amides is 1. The molecule has 2 N–H and O–H groups in total. The van der Waals surface area contributed by atoms with Crippen LogP contribution in [0.1, 0.15) is 18.5 Å². The second kappa shape index (κ2) is 5.68. The summed E-state index contributed by atoms with van der Waals surface area (Å²) in [6.45, 7) is 2.26. The van der Waals surface area contributed by atoms with E-state index in [1.807, 2.05) is 13.0 Å². The van der Waals surface area contributed by atoms with E-state index in [4.69, 9.17) is 11.6 Å². The molecule has 0 aliphatic rings. The van der Waals surface area contributed by atoms with Gasteiger partial charge in [0.25, 0.3) is 0 Å². The summed E-state index contributed by atoms with van der Waals surface area (Å²) in [5.41, 5.74) is 1.01. The van der Waals surface area contributed by atoms with Gasteiger partial charge in [0.15, 0.2) is 0 Å². The molecule has 1 unspecified atom stereocenters. The van der Waals surface area contributed by atoms with Gasteiger partial charge in [-0.05, 0) is 24.6 Å². The van der Waals surface area contributed by atoms with Gasteiger partial charge in [-0.3, -0.25) is 4.79 Å². The van der Waals surface area contributed by atoms with Crippen LogP contribution in [0.3, 0.4) is 0 Å². The van der Waals surface area contributed by atoms with Gasteiger partial charge in [0.2, 0.25) is 5.91 Å². The van der Waals surface area contributed by atoms with Crippen molar-refractivity contribution in [2.45, 2.75) is 13.0 Å². The summed E-state index contributed by atoms with van der Waals surface area (Å²) in [5, 5.41) is 6.08. The fourth-order valence-electron chi connectivity index (χ4n) is 1.14. The molecule has 5 heteroatoms. The molecule has 0 radical (unpaired) electrons. The van der Waals surface area contributed by atoms with Gasteiger partial charge in [-0.1, -0.05) is 11.6 Å². The van der Waals surface area contributed by atoms with Crippen LogP contribution in [-0.2, 0) is 4.79 Å². The molecule has 1 heterocycles. The fourth-order valence-corrected chi connectivity index (χ4v) is 1.32. The number of hydrogen-bond donors (Lipinski definition) is 2. The molecule has 0 bridgehead atoms. The Kier molecular flexibility index (Phi) is 4.52. The quantitative estimate of drug-likeness (QED) is 0.759. The van der Waals surface area contributed by atoms with Crippen molar-refractivity contribution in [3.05, 3.63) is 29.0 Å². The zero-order valence-electron chi connectivity index (χ0n) is 8.75. The van der Waals surface area contributed by atoms with Crippen molar-refractivity contribution in [1.82, 2.24) is 15.6 Å². The third kappa shape index (κ3) is 3.85. The van der Waals surface area contributed by atoms with Crippen LogP contribution in [-0.4, -0.2) is 24.5 Å². The molecule has 0 saturated heterocycles. The maximum atomic E-state index is 11.0. The maximum absolute atomic E-state index is 11.0. The van der Waals surface area contributed by atoms with E-state index in [-0.39, 0.29) is 18.5 Å². The van der Waals surface area contributed by atoms with Gasteiger partial charge in [-0.15, -0.1) is 0 Å². The molecule has 0 aromatic carbocycles. The Morgan fingerprint density at radius 3 is 3.00 bits per heavy atom. The summed E-state index contributed by atoms with van der Waals surface area (Å²) in [7, 11) is 1.61. The number of nitrogens with one attached hydrogen (secondary N) is 2. The number of hydrogen-bond acceptors (Lipinski definition) is 3. The van der Waals surface area contributed by atoms with E-state index in [0.29, 0.717) is 5.15 Å². The molecule has 0 aliphatic carbocycles. The van der Waals surface area contributed by atoms with Crippen molar-refractivity contribution in [3.8, 4) is 0 Å². The molecule has 0 aliphatic heterocycles. The van der Waals surface area contributed by atoms with Gasteiger partial charge in [-0.2, -0.15) is 0 Å². The first-order valence-electron chi connectivity index (χ1n) is 4.69. The molecule has 82 valence electrons. The zero-order chi connectivity index (χ0) is 11.3. The van der Waals surface area contributed by atoms with Crippen molar-refractivity contribution >= 4 is 17.5 Å². The van der Waals surface area contributed by atoms with E-state index in [0.717, 1.165) is 5.56 Å². The Labute approximate surface area is 94.0 Å².